The highest BCUT2D eigenvalue weighted by Crippen LogP contribution is 2.44. The maximum Gasteiger partial charge on any atom is 0.327 e. The van der Waals surface area contributed by atoms with Gasteiger partial charge in [0.15, 0.2) is 0 Å². The maximum absolute atomic E-state index is 12.3. The highest BCUT2D eigenvalue weighted by atomic mass is 32.2. The number of para-hydroxylation sites is 1. The first-order valence-electron chi connectivity index (χ1n) is 8.92. The number of carbonyl (C=O) groups excluding carboxylic acids is 2. The van der Waals surface area contributed by atoms with Crippen LogP contribution in [-0.2, 0) is 20.9 Å². The second-order valence-corrected chi connectivity index (χ2v) is 7.41. The Kier molecular flexibility index (Phi) is 4.99. The summed E-state index contributed by atoms with van der Waals surface area (Å²) >= 11 is 1.51. The molecule has 4 rings (SSSR count). The second kappa shape index (κ2) is 7.59. The van der Waals surface area contributed by atoms with Crippen molar-refractivity contribution in [1.29, 1.82) is 0 Å². The van der Waals surface area contributed by atoms with Gasteiger partial charge < -0.3 is 10.1 Å². The van der Waals surface area contributed by atoms with Crippen LogP contribution >= 0.6 is 11.8 Å². The zero-order chi connectivity index (χ0) is 19.7. The van der Waals surface area contributed by atoms with E-state index in [2.05, 4.69) is 20.4 Å². The van der Waals surface area contributed by atoms with Crippen molar-refractivity contribution in [3.05, 3.63) is 47.4 Å². The number of aromatic nitrogens is 4. The van der Waals surface area contributed by atoms with Gasteiger partial charge in [0.25, 0.3) is 0 Å². The first kappa shape index (κ1) is 18.4. The van der Waals surface area contributed by atoms with Crippen LogP contribution in [0.2, 0.25) is 0 Å². The standard InChI is InChI=1S/C19H19N5O3S/c1-3-27-15(26)9-24-19-16(11(2)23-24)18(28-10-14(25)22-19)12-5-4-6-13-17(12)21-8-7-20-13/h4-8,18H,3,9-10H2,1-2H3,(H,22,25)/t18-/m1/s1. The van der Waals surface area contributed by atoms with E-state index in [4.69, 9.17) is 4.74 Å². The molecule has 144 valence electrons. The van der Waals surface area contributed by atoms with Crippen LogP contribution < -0.4 is 5.32 Å². The number of fused-ring (bicyclic) bond motifs is 2. The summed E-state index contributed by atoms with van der Waals surface area (Å²) in [4.78, 5) is 33.2. The fourth-order valence-electron chi connectivity index (χ4n) is 3.37. The number of ether oxygens (including phenoxy) is 1. The van der Waals surface area contributed by atoms with Gasteiger partial charge in [-0.1, -0.05) is 12.1 Å². The van der Waals surface area contributed by atoms with Gasteiger partial charge in [-0.05, 0) is 25.5 Å². The third kappa shape index (κ3) is 3.33. The molecular formula is C19H19N5O3S. The van der Waals surface area contributed by atoms with Crippen molar-refractivity contribution < 1.29 is 14.3 Å². The largest absolute Gasteiger partial charge is 0.465 e. The molecular weight excluding hydrogens is 378 g/mol. The summed E-state index contributed by atoms with van der Waals surface area (Å²) < 4.78 is 6.55. The van der Waals surface area contributed by atoms with Crippen LogP contribution in [0.1, 0.15) is 29.0 Å². The summed E-state index contributed by atoms with van der Waals surface area (Å²) in [5.74, 6) is 0.289. The number of rotatable bonds is 4. The molecule has 0 bridgehead atoms. The molecule has 0 fully saturated rings. The fraction of sp³-hybridized carbons (Fsp3) is 0.316. The lowest BCUT2D eigenvalue weighted by Gasteiger charge is -2.16. The average Bonchev–Trinajstić information content (AvgIpc) is 2.86. The summed E-state index contributed by atoms with van der Waals surface area (Å²) in [6.45, 7) is 3.86. The lowest BCUT2D eigenvalue weighted by atomic mass is 10.0. The number of thioether (sulfide) groups is 1. The van der Waals surface area contributed by atoms with Gasteiger partial charge in [-0.2, -0.15) is 5.10 Å². The van der Waals surface area contributed by atoms with E-state index in [-0.39, 0.29) is 23.5 Å². The molecule has 1 atom stereocenters. The third-order valence-electron chi connectivity index (χ3n) is 4.47. The van der Waals surface area contributed by atoms with Gasteiger partial charge in [0.1, 0.15) is 12.4 Å². The molecule has 28 heavy (non-hydrogen) atoms. The maximum atomic E-state index is 12.3. The smallest absolute Gasteiger partial charge is 0.327 e. The van der Waals surface area contributed by atoms with E-state index in [0.29, 0.717) is 12.4 Å². The van der Waals surface area contributed by atoms with Gasteiger partial charge in [-0.15, -0.1) is 11.8 Å². The summed E-state index contributed by atoms with van der Waals surface area (Å²) in [7, 11) is 0. The Morgan fingerprint density at radius 3 is 3.00 bits per heavy atom. The fourth-order valence-corrected chi connectivity index (χ4v) is 4.58. The van der Waals surface area contributed by atoms with E-state index in [1.165, 1.54) is 16.4 Å². The summed E-state index contributed by atoms with van der Waals surface area (Å²) in [6, 6.07) is 5.84. The summed E-state index contributed by atoms with van der Waals surface area (Å²) in [5.41, 5.74) is 4.17. The molecule has 1 amide bonds. The molecule has 9 heteroatoms. The molecule has 1 aromatic carbocycles. The van der Waals surface area contributed by atoms with Gasteiger partial charge in [0.05, 0.1) is 34.3 Å². The lowest BCUT2D eigenvalue weighted by molar-refractivity contribution is -0.144. The van der Waals surface area contributed by atoms with Crippen LogP contribution in [0.3, 0.4) is 0 Å². The Labute approximate surface area is 165 Å². The molecule has 3 heterocycles. The van der Waals surface area contributed by atoms with Crippen molar-refractivity contribution in [3.8, 4) is 0 Å². The van der Waals surface area contributed by atoms with Gasteiger partial charge >= 0.3 is 5.97 Å². The Balaban J connectivity index is 1.84. The number of nitrogens with one attached hydrogen (secondary N) is 1. The number of amides is 1. The van der Waals surface area contributed by atoms with Crippen LogP contribution in [0.4, 0.5) is 5.82 Å². The van der Waals surface area contributed by atoms with Crippen LogP contribution in [0.25, 0.3) is 11.0 Å². The number of carbonyl (C=O) groups is 2. The molecule has 1 aliphatic heterocycles. The van der Waals surface area contributed by atoms with Crippen LogP contribution in [-0.4, -0.2) is 44.0 Å². The van der Waals surface area contributed by atoms with Gasteiger partial charge in [0, 0.05) is 18.0 Å². The number of anilines is 1. The zero-order valence-corrected chi connectivity index (χ0v) is 16.3. The number of hydrogen-bond donors (Lipinski definition) is 1. The molecule has 1 N–H and O–H groups in total. The summed E-state index contributed by atoms with van der Waals surface area (Å²) in [5, 5.41) is 7.24. The Bertz CT molecular complexity index is 1060. The molecule has 0 saturated carbocycles. The van der Waals surface area contributed by atoms with Gasteiger partial charge in [-0.3, -0.25) is 19.6 Å². The Morgan fingerprint density at radius 2 is 2.18 bits per heavy atom. The number of hydrogen-bond acceptors (Lipinski definition) is 7. The second-order valence-electron chi connectivity index (χ2n) is 6.32. The van der Waals surface area contributed by atoms with Gasteiger partial charge in [-0.25, -0.2) is 4.68 Å². The van der Waals surface area contributed by atoms with Gasteiger partial charge in [0.2, 0.25) is 5.91 Å². The van der Waals surface area contributed by atoms with E-state index < -0.39 is 5.97 Å². The van der Waals surface area contributed by atoms with Crippen LogP contribution in [0, 0.1) is 6.92 Å². The third-order valence-corrected chi connectivity index (χ3v) is 5.72. The van der Waals surface area contributed by atoms with E-state index in [0.717, 1.165) is 27.9 Å². The van der Waals surface area contributed by atoms with Crippen molar-refractivity contribution in [1.82, 2.24) is 19.7 Å². The molecule has 8 nitrogen and oxygen atoms in total. The highest BCUT2D eigenvalue weighted by molar-refractivity contribution is 8.00. The van der Waals surface area contributed by atoms with E-state index in [1.807, 2.05) is 25.1 Å². The predicted molar refractivity (Wildman–Crippen MR) is 106 cm³/mol. The van der Waals surface area contributed by atoms with Crippen molar-refractivity contribution in [2.75, 3.05) is 17.7 Å². The Morgan fingerprint density at radius 1 is 1.36 bits per heavy atom. The zero-order valence-electron chi connectivity index (χ0n) is 15.5. The number of esters is 1. The molecule has 0 spiro atoms. The lowest BCUT2D eigenvalue weighted by Crippen LogP contribution is -2.20. The molecule has 1 aliphatic rings. The first-order chi connectivity index (χ1) is 13.6. The first-order valence-corrected chi connectivity index (χ1v) is 9.97. The monoisotopic (exact) mass is 397 g/mol. The van der Waals surface area contributed by atoms with Crippen molar-refractivity contribution in [2.24, 2.45) is 0 Å². The topological polar surface area (TPSA) is 99.0 Å². The quantitative estimate of drug-likeness (QED) is 0.675. The molecule has 0 saturated heterocycles. The van der Waals surface area contributed by atoms with E-state index in [9.17, 15) is 9.59 Å². The molecule has 0 unspecified atom stereocenters. The number of benzene rings is 1. The minimum atomic E-state index is -0.397. The van der Waals surface area contributed by atoms with Crippen LogP contribution in [0.15, 0.2) is 30.6 Å². The predicted octanol–water partition coefficient (Wildman–Crippen LogP) is 2.47. The summed E-state index contributed by atoms with van der Waals surface area (Å²) in [6.07, 6.45) is 3.32. The molecule has 3 aromatic rings. The minimum Gasteiger partial charge on any atom is -0.465 e. The van der Waals surface area contributed by atoms with Crippen molar-refractivity contribution in [2.45, 2.75) is 25.6 Å². The molecule has 0 radical (unpaired) electrons. The average molecular weight is 397 g/mol. The van der Waals surface area contributed by atoms with E-state index in [1.54, 1.807) is 19.3 Å². The minimum absolute atomic E-state index is 0.0585. The number of aryl methyl sites for hydroxylation is 1. The SMILES string of the molecule is CCOC(=O)Cn1nc(C)c2c1NC(=O)CS[C@@H]2c1cccc2nccnc12. The van der Waals surface area contributed by atoms with Crippen molar-refractivity contribution >= 4 is 40.5 Å². The molecule has 2 aromatic heterocycles. The van der Waals surface area contributed by atoms with E-state index >= 15 is 0 Å². The Hall–Kier alpha value is -2.94. The normalized spacial score (nSPS) is 16.4. The number of nitrogens with zero attached hydrogens (tertiary/aromatic N) is 4. The molecule has 0 aliphatic carbocycles. The van der Waals surface area contributed by atoms with Crippen molar-refractivity contribution in [3.63, 3.8) is 0 Å². The van der Waals surface area contributed by atoms with Crippen LogP contribution in [0.5, 0.6) is 0 Å². The highest BCUT2D eigenvalue weighted by Gasteiger charge is 2.31.